The van der Waals surface area contributed by atoms with Crippen molar-refractivity contribution in [2.24, 2.45) is 0 Å². The third-order valence-electron chi connectivity index (χ3n) is 3.57. The van der Waals surface area contributed by atoms with Crippen molar-refractivity contribution in [2.45, 2.75) is 27.3 Å². The molecule has 2 amide bonds. The summed E-state index contributed by atoms with van der Waals surface area (Å²) in [7, 11) is 0. The quantitative estimate of drug-likeness (QED) is 0.633. The van der Waals surface area contributed by atoms with Crippen molar-refractivity contribution in [1.29, 1.82) is 0 Å². The topological polar surface area (TPSA) is 71.4 Å². The Morgan fingerprint density at radius 2 is 1.85 bits per heavy atom. The van der Waals surface area contributed by atoms with Crippen LogP contribution < -0.4 is 5.32 Å². The van der Waals surface area contributed by atoms with Crippen LogP contribution in [0.15, 0.2) is 6.07 Å². The van der Waals surface area contributed by atoms with Gasteiger partial charge in [-0.1, -0.05) is 0 Å². The van der Waals surface area contributed by atoms with Crippen molar-refractivity contribution in [3.05, 3.63) is 23.0 Å². The van der Waals surface area contributed by atoms with Gasteiger partial charge in [-0.2, -0.15) is 0 Å². The minimum atomic E-state index is -0.354. The lowest BCUT2D eigenvalue weighted by molar-refractivity contribution is -0.135. The van der Waals surface area contributed by atoms with Crippen molar-refractivity contribution in [3.63, 3.8) is 0 Å². The van der Waals surface area contributed by atoms with Gasteiger partial charge in [0.05, 0.1) is 19.6 Å². The lowest BCUT2D eigenvalue weighted by atomic mass is 10.1. The molecule has 1 fully saturated rings. The van der Waals surface area contributed by atoms with Gasteiger partial charge in [0.2, 0.25) is 11.8 Å². The Bertz CT molecular complexity index is 558. The van der Waals surface area contributed by atoms with Gasteiger partial charge < -0.3 is 4.57 Å². The lowest BCUT2D eigenvalue weighted by Gasteiger charge is -2.24. The van der Waals surface area contributed by atoms with Crippen molar-refractivity contribution in [2.75, 3.05) is 19.6 Å². The van der Waals surface area contributed by atoms with Gasteiger partial charge in [-0.15, -0.1) is 0 Å². The summed E-state index contributed by atoms with van der Waals surface area (Å²) in [6.07, 6.45) is 0. The minimum absolute atomic E-state index is 0.0553. The number of aryl methyl sites for hydroxylation is 1. The Labute approximate surface area is 117 Å². The normalized spacial score (nSPS) is 16.4. The standard InChI is InChI=1S/C14H19N3O3/c1-4-17-9(2)5-11(10(17)3)12(18)6-16-7-13(19)15-14(20)8-16/h5H,4,6-8H2,1-3H3,(H,15,19,20). The predicted molar refractivity (Wildman–Crippen MR) is 73.5 cm³/mol. The third kappa shape index (κ3) is 2.80. The van der Waals surface area contributed by atoms with E-state index in [4.69, 9.17) is 0 Å². The molecule has 1 aliphatic heterocycles. The number of nitrogens with one attached hydrogen (secondary N) is 1. The number of ketones is 1. The highest BCUT2D eigenvalue weighted by molar-refractivity contribution is 6.02. The van der Waals surface area contributed by atoms with E-state index in [0.29, 0.717) is 5.56 Å². The fourth-order valence-electron chi connectivity index (χ4n) is 2.67. The number of carbonyl (C=O) groups is 3. The van der Waals surface area contributed by atoms with E-state index in [2.05, 4.69) is 9.88 Å². The van der Waals surface area contributed by atoms with Gasteiger partial charge in [-0.05, 0) is 26.8 Å². The molecule has 0 atom stereocenters. The van der Waals surface area contributed by atoms with E-state index in [9.17, 15) is 14.4 Å². The largest absolute Gasteiger partial charge is 0.349 e. The number of carbonyl (C=O) groups excluding carboxylic acids is 3. The summed E-state index contributed by atoms with van der Waals surface area (Å²) < 4.78 is 2.07. The first-order chi connectivity index (χ1) is 9.42. The zero-order chi connectivity index (χ0) is 14.9. The molecule has 1 aliphatic rings. The number of imide groups is 1. The molecule has 2 heterocycles. The van der Waals surface area contributed by atoms with Crippen LogP contribution in [0.4, 0.5) is 0 Å². The number of amides is 2. The summed E-state index contributed by atoms with van der Waals surface area (Å²) in [4.78, 5) is 36.5. The number of aromatic nitrogens is 1. The highest BCUT2D eigenvalue weighted by Gasteiger charge is 2.25. The number of Topliss-reactive ketones (excluding diaryl/α,β-unsaturated/α-hetero) is 1. The molecule has 0 unspecified atom stereocenters. The first-order valence-electron chi connectivity index (χ1n) is 6.67. The zero-order valence-corrected chi connectivity index (χ0v) is 12.0. The van der Waals surface area contributed by atoms with Crippen molar-refractivity contribution < 1.29 is 14.4 Å². The lowest BCUT2D eigenvalue weighted by Crippen LogP contribution is -2.52. The Morgan fingerprint density at radius 1 is 1.25 bits per heavy atom. The zero-order valence-electron chi connectivity index (χ0n) is 12.0. The molecule has 108 valence electrons. The molecule has 0 bridgehead atoms. The highest BCUT2D eigenvalue weighted by Crippen LogP contribution is 2.16. The molecule has 2 rings (SSSR count). The average Bonchev–Trinajstić information content (AvgIpc) is 2.63. The number of piperazine rings is 1. The summed E-state index contributed by atoms with van der Waals surface area (Å²) in [5.74, 6) is -0.763. The second-order valence-corrected chi connectivity index (χ2v) is 5.07. The summed E-state index contributed by atoms with van der Waals surface area (Å²) in [5.41, 5.74) is 2.64. The van der Waals surface area contributed by atoms with Crippen LogP contribution in [0, 0.1) is 13.8 Å². The molecule has 0 aliphatic carbocycles. The summed E-state index contributed by atoms with van der Waals surface area (Å²) >= 11 is 0. The first-order valence-corrected chi connectivity index (χ1v) is 6.67. The maximum Gasteiger partial charge on any atom is 0.240 e. The van der Waals surface area contributed by atoms with Crippen molar-refractivity contribution in [1.82, 2.24) is 14.8 Å². The molecular formula is C14H19N3O3. The molecule has 1 aromatic rings. The van der Waals surface area contributed by atoms with E-state index in [0.717, 1.165) is 17.9 Å². The molecule has 0 saturated carbocycles. The summed E-state index contributed by atoms with van der Waals surface area (Å²) in [6.45, 7) is 6.99. The van der Waals surface area contributed by atoms with Crippen molar-refractivity contribution in [3.8, 4) is 0 Å². The van der Waals surface area contributed by atoms with E-state index in [-0.39, 0.29) is 37.2 Å². The third-order valence-corrected chi connectivity index (χ3v) is 3.57. The first kappa shape index (κ1) is 14.5. The van der Waals surface area contributed by atoms with Gasteiger partial charge >= 0.3 is 0 Å². The van der Waals surface area contributed by atoms with Crippen molar-refractivity contribution >= 4 is 17.6 Å². The number of nitrogens with zero attached hydrogens (tertiary/aromatic N) is 2. The molecule has 6 nitrogen and oxygen atoms in total. The molecule has 1 saturated heterocycles. The van der Waals surface area contributed by atoms with E-state index in [1.165, 1.54) is 0 Å². The predicted octanol–water partition coefficient (Wildman–Crippen LogP) is 0.266. The van der Waals surface area contributed by atoms with Gasteiger partial charge in [0, 0.05) is 23.5 Å². The van der Waals surface area contributed by atoms with Gasteiger partial charge in [0.25, 0.3) is 0 Å². The van der Waals surface area contributed by atoms with Crippen LogP contribution in [-0.2, 0) is 16.1 Å². The van der Waals surface area contributed by atoms with E-state index < -0.39 is 0 Å². The molecule has 20 heavy (non-hydrogen) atoms. The Morgan fingerprint density at radius 3 is 2.35 bits per heavy atom. The van der Waals surface area contributed by atoms with Gasteiger partial charge in [-0.25, -0.2) is 0 Å². The van der Waals surface area contributed by atoms with Crippen LogP contribution in [0.2, 0.25) is 0 Å². The summed E-state index contributed by atoms with van der Waals surface area (Å²) in [6, 6.07) is 1.87. The van der Waals surface area contributed by atoms with Crippen LogP contribution >= 0.6 is 0 Å². The van der Waals surface area contributed by atoms with E-state index >= 15 is 0 Å². The van der Waals surface area contributed by atoms with Crippen LogP contribution in [0.1, 0.15) is 28.7 Å². The average molecular weight is 277 g/mol. The smallest absolute Gasteiger partial charge is 0.240 e. The Kier molecular flexibility index (Phi) is 4.04. The van der Waals surface area contributed by atoms with Crippen LogP contribution in [0.5, 0.6) is 0 Å². The number of hydrogen-bond donors (Lipinski definition) is 1. The van der Waals surface area contributed by atoms with E-state index in [1.807, 2.05) is 26.8 Å². The SMILES string of the molecule is CCn1c(C)cc(C(=O)CN2CC(=O)NC(=O)C2)c1C. The molecule has 0 radical (unpaired) electrons. The molecule has 6 heteroatoms. The fraction of sp³-hybridized carbons (Fsp3) is 0.500. The van der Waals surface area contributed by atoms with Gasteiger partial charge in [-0.3, -0.25) is 24.6 Å². The fourth-order valence-corrected chi connectivity index (χ4v) is 2.67. The summed E-state index contributed by atoms with van der Waals surface area (Å²) in [5, 5.41) is 2.22. The Balaban J connectivity index is 2.12. The number of rotatable bonds is 4. The molecule has 1 N–H and O–H groups in total. The van der Waals surface area contributed by atoms with Crippen LogP contribution in [0.25, 0.3) is 0 Å². The highest BCUT2D eigenvalue weighted by atomic mass is 16.2. The Hall–Kier alpha value is -1.95. The monoisotopic (exact) mass is 277 g/mol. The molecule has 1 aromatic heterocycles. The maximum absolute atomic E-state index is 12.3. The van der Waals surface area contributed by atoms with Gasteiger partial charge in [0.1, 0.15) is 0 Å². The number of hydrogen-bond acceptors (Lipinski definition) is 4. The maximum atomic E-state index is 12.3. The minimum Gasteiger partial charge on any atom is -0.349 e. The molecule has 0 aromatic carbocycles. The van der Waals surface area contributed by atoms with Crippen LogP contribution in [0.3, 0.4) is 0 Å². The molecular weight excluding hydrogens is 258 g/mol. The van der Waals surface area contributed by atoms with Gasteiger partial charge in [0.15, 0.2) is 5.78 Å². The second-order valence-electron chi connectivity index (χ2n) is 5.07. The second kappa shape index (κ2) is 5.58. The van der Waals surface area contributed by atoms with E-state index in [1.54, 1.807) is 4.90 Å². The van der Waals surface area contributed by atoms with Crippen LogP contribution in [-0.4, -0.2) is 46.7 Å². The molecule has 0 spiro atoms.